The molecule has 0 spiro atoms. The van der Waals surface area contributed by atoms with Crippen LogP contribution in [0.2, 0.25) is 0 Å². The smallest absolute Gasteiger partial charge is 0.416 e. The molecule has 40 heavy (non-hydrogen) atoms. The fourth-order valence-electron chi connectivity index (χ4n) is 4.09. The Balaban J connectivity index is 1.72. The van der Waals surface area contributed by atoms with E-state index in [2.05, 4.69) is 30.7 Å². The zero-order valence-corrected chi connectivity index (χ0v) is 22.7. The second-order valence-electron chi connectivity index (χ2n) is 9.23. The van der Waals surface area contributed by atoms with E-state index in [0.717, 1.165) is 6.07 Å². The van der Waals surface area contributed by atoms with Gasteiger partial charge in [-0.15, -0.1) is 0 Å². The molecule has 3 heterocycles. The van der Waals surface area contributed by atoms with Crippen molar-refractivity contribution in [1.29, 1.82) is 0 Å². The molecule has 10 nitrogen and oxygen atoms in total. The summed E-state index contributed by atoms with van der Waals surface area (Å²) >= 11 is 0. The number of ketones is 1. The Labute approximate surface area is 229 Å². The molecule has 4 aromatic rings. The average molecular weight is 555 g/mol. The summed E-state index contributed by atoms with van der Waals surface area (Å²) in [6, 6.07) is 7.85. The summed E-state index contributed by atoms with van der Waals surface area (Å²) in [6.45, 7) is 1.81. The van der Waals surface area contributed by atoms with Crippen molar-refractivity contribution >= 4 is 28.8 Å². The Morgan fingerprint density at radius 2 is 1.77 bits per heavy atom. The molecule has 0 saturated carbocycles. The summed E-state index contributed by atoms with van der Waals surface area (Å²) in [5, 5.41) is 10.4. The number of alkyl halides is 3. The van der Waals surface area contributed by atoms with Crippen molar-refractivity contribution in [2.75, 3.05) is 31.8 Å². The van der Waals surface area contributed by atoms with Crippen LogP contribution in [0.1, 0.15) is 34.8 Å². The molecular formula is C27H29F3N8O2. The maximum atomic E-state index is 13.8. The molecule has 4 rings (SSSR count). The van der Waals surface area contributed by atoms with Crippen LogP contribution in [0.5, 0.6) is 5.75 Å². The number of Topliss-reactive ketones (excluding diaryl/α,β-unsaturated/α-hetero) is 1. The SMILES string of the molecule is CCC(=O)c1cnc(Nc2cc(C(F)(F)F)c(CN(C)C)cn2)cc1Nc1cccc(-c2ncn(C)n2)c1OC. The summed E-state index contributed by atoms with van der Waals surface area (Å²) in [5.74, 6) is 0.881. The normalized spacial score (nSPS) is 11.5. The van der Waals surface area contributed by atoms with E-state index in [1.54, 1.807) is 62.2 Å². The number of nitrogens with one attached hydrogen (secondary N) is 2. The minimum atomic E-state index is -4.56. The van der Waals surface area contributed by atoms with Crippen LogP contribution in [0.15, 0.2) is 49.1 Å². The Hall–Kier alpha value is -4.52. The van der Waals surface area contributed by atoms with Crippen LogP contribution in [0, 0.1) is 0 Å². The fourth-order valence-corrected chi connectivity index (χ4v) is 4.09. The van der Waals surface area contributed by atoms with E-state index >= 15 is 0 Å². The van der Waals surface area contributed by atoms with Gasteiger partial charge >= 0.3 is 6.18 Å². The fraction of sp³-hybridized carbons (Fsp3) is 0.296. The third-order valence-electron chi connectivity index (χ3n) is 5.89. The van der Waals surface area contributed by atoms with Gasteiger partial charge in [-0.1, -0.05) is 13.0 Å². The number of para-hydroxylation sites is 1. The van der Waals surface area contributed by atoms with Gasteiger partial charge in [0.15, 0.2) is 17.4 Å². The van der Waals surface area contributed by atoms with Crippen molar-refractivity contribution in [1.82, 2.24) is 29.6 Å². The van der Waals surface area contributed by atoms with Gasteiger partial charge in [-0.25, -0.2) is 15.0 Å². The van der Waals surface area contributed by atoms with E-state index in [0.29, 0.717) is 34.1 Å². The zero-order chi connectivity index (χ0) is 29.0. The number of methoxy groups -OCH3 is 1. The molecule has 0 atom stereocenters. The number of carbonyl (C=O) groups excluding carboxylic acids is 1. The van der Waals surface area contributed by atoms with Crippen LogP contribution in [0.4, 0.5) is 36.2 Å². The molecule has 13 heteroatoms. The van der Waals surface area contributed by atoms with E-state index in [1.807, 2.05) is 0 Å². The number of benzene rings is 1. The average Bonchev–Trinajstić information content (AvgIpc) is 3.34. The summed E-state index contributed by atoms with van der Waals surface area (Å²) < 4.78 is 48.5. The molecule has 0 saturated heterocycles. The number of halogens is 3. The number of pyridine rings is 2. The van der Waals surface area contributed by atoms with Crippen molar-refractivity contribution < 1.29 is 22.7 Å². The highest BCUT2D eigenvalue weighted by atomic mass is 19.4. The number of nitrogens with zero attached hydrogens (tertiary/aromatic N) is 6. The van der Waals surface area contributed by atoms with Crippen LogP contribution in [-0.2, 0) is 19.8 Å². The van der Waals surface area contributed by atoms with Gasteiger partial charge < -0.3 is 20.3 Å². The lowest BCUT2D eigenvalue weighted by Gasteiger charge is -2.18. The van der Waals surface area contributed by atoms with Crippen molar-refractivity contribution in [2.45, 2.75) is 26.1 Å². The van der Waals surface area contributed by atoms with Gasteiger partial charge in [0.25, 0.3) is 0 Å². The van der Waals surface area contributed by atoms with Gasteiger partial charge in [-0.2, -0.15) is 18.3 Å². The van der Waals surface area contributed by atoms with Crippen LogP contribution in [0.3, 0.4) is 0 Å². The first-order valence-electron chi connectivity index (χ1n) is 12.3. The predicted molar refractivity (Wildman–Crippen MR) is 145 cm³/mol. The molecule has 0 amide bonds. The second kappa shape index (κ2) is 11.7. The topological polar surface area (TPSA) is 110 Å². The van der Waals surface area contributed by atoms with Crippen molar-refractivity contribution in [3.63, 3.8) is 0 Å². The molecule has 0 radical (unpaired) electrons. The second-order valence-corrected chi connectivity index (χ2v) is 9.23. The summed E-state index contributed by atoms with van der Waals surface area (Å²) in [6.07, 6.45) is -0.202. The molecule has 210 valence electrons. The lowest BCUT2D eigenvalue weighted by Crippen LogP contribution is -2.17. The predicted octanol–water partition coefficient (Wildman–Crippen LogP) is 5.44. The highest BCUT2D eigenvalue weighted by molar-refractivity contribution is 6.02. The van der Waals surface area contributed by atoms with E-state index in [9.17, 15) is 18.0 Å². The van der Waals surface area contributed by atoms with Crippen LogP contribution in [-0.4, -0.2) is 56.6 Å². The van der Waals surface area contributed by atoms with Gasteiger partial charge in [0.1, 0.15) is 18.0 Å². The molecule has 3 aromatic heterocycles. The highest BCUT2D eigenvalue weighted by Crippen LogP contribution is 2.38. The third-order valence-corrected chi connectivity index (χ3v) is 5.89. The monoisotopic (exact) mass is 554 g/mol. The number of hydrogen-bond donors (Lipinski definition) is 2. The van der Waals surface area contributed by atoms with Gasteiger partial charge in [0.05, 0.1) is 35.2 Å². The summed E-state index contributed by atoms with van der Waals surface area (Å²) in [5.41, 5.74) is 1.11. The zero-order valence-electron chi connectivity index (χ0n) is 22.7. The van der Waals surface area contributed by atoms with Crippen molar-refractivity contribution in [3.05, 3.63) is 65.7 Å². The first-order valence-corrected chi connectivity index (χ1v) is 12.3. The largest absolute Gasteiger partial charge is 0.494 e. The molecule has 0 aliphatic heterocycles. The Morgan fingerprint density at radius 1 is 1.05 bits per heavy atom. The van der Waals surface area contributed by atoms with Crippen molar-refractivity contribution in [3.8, 4) is 17.1 Å². The van der Waals surface area contributed by atoms with Crippen molar-refractivity contribution in [2.24, 2.45) is 7.05 Å². The molecule has 0 aliphatic rings. The Kier molecular flexibility index (Phi) is 8.33. The number of ether oxygens (including phenoxy) is 1. The maximum Gasteiger partial charge on any atom is 0.416 e. The quantitative estimate of drug-likeness (QED) is 0.248. The first-order chi connectivity index (χ1) is 19.0. The minimum absolute atomic E-state index is 0.0383. The van der Waals surface area contributed by atoms with E-state index in [1.165, 1.54) is 25.6 Å². The number of anilines is 4. The molecular weight excluding hydrogens is 525 g/mol. The van der Waals surface area contributed by atoms with Gasteiger partial charge in [0.2, 0.25) is 0 Å². The first kappa shape index (κ1) is 28.5. The van der Waals surface area contributed by atoms with Crippen LogP contribution < -0.4 is 15.4 Å². The third kappa shape index (κ3) is 6.37. The Morgan fingerprint density at radius 3 is 2.40 bits per heavy atom. The number of aromatic nitrogens is 5. The van der Waals surface area contributed by atoms with E-state index < -0.39 is 11.7 Å². The van der Waals surface area contributed by atoms with Crippen LogP contribution in [0.25, 0.3) is 11.4 Å². The number of hydrogen-bond acceptors (Lipinski definition) is 9. The van der Waals surface area contributed by atoms with Gasteiger partial charge in [0, 0.05) is 38.5 Å². The summed E-state index contributed by atoms with van der Waals surface area (Å²) in [4.78, 5) is 27.1. The number of carbonyl (C=O) groups is 1. The maximum absolute atomic E-state index is 13.8. The standard InChI is InChI=1S/C27H29F3N8O2/c1-6-22(39)18-13-32-24(35-23-10-19(27(28,29)30)16(12-31-23)14-37(2)3)11-21(18)34-20-9-7-8-17(25(20)40-5)26-33-15-38(4)36-26/h7-13,15H,6,14H2,1-5H3,(H2,31,32,34,35). The lowest BCUT2D eigenvalue weighted by molar-refractivity contribution is -0.138. The molecule has 1 aromatic carbocycles. The van der Waals surface area contributed by atoms with Crippen LogP contribution >= 0.6 is 0 Å². The van der Waals surface area contributed by atoms with E-state index in [-0.39, 0.29) is 35.9 Å². The van der Waals surface area contributed by atoms with E-state index in [4.69, 9.17) is 4.74 Å². The Bertz CT molecular complexity index is 1520. The molecule has 0 unspecified atom stereocenters. The number of aryl methyl sites for hydroxylation is 1. The number of rotatable bonds is 10. The molecule has 0 bridgehead atoms. The molecule has 0 aliphatic carbocycles. The summed E-state index contributed by atoms with van der Waals surface area (Å²) in [7, 11) is 6.62. The van der Waals surface area contributed by atoms with Gasteiger partial charge in [-0.05, 0) is 37.9 Å². The lowest BCUT2D eigenvalue weighted by atomic mass is 10.1. The highest BCUT2D eigenvalue weighted by Gasteiger charge is 2.34. The minimum Gasteiger partial charge on any atom is -0.494 e. The van der Waals surface area contributed by atoms with Gasteiger partial charge in [-0.3, -0.25) is 9.48 Å². The molecule has 2 N–H and O–H groups in total. The molecule has 0 fully saturated rings.